The zero-order valence-corrected chi connectivity index (χ0v) is 10.2. The third-order valence-electron chi connectivity index (χ3n) is 2.00. The molecule has 0 saturated carbocycles. The van der Waals surface area contributed by atoms with Crippen LogP contribution in [0.5, 0.6) is 0 Å². The van der Waals surface area contributed by atoms with E-state index in [9.17, 15) is 8.42 Å². The Kier molecular flexibility index (Phi) is 3.28. The van der Waals surface area contributed by atoms with Crippen molar-refractivity contribution in [3.05, 3.63) is 41.2 Å². The zero-order chi connectivity index (χ0) is 12.3. The molecule has 2 heterocycles. The number of furan rings is 1. The molecule has 17 heavy (non-hydrogen) atoms. The summed E-state index contributed by atoms with van der Waals surface area (Å²) in [5.41, 5.74) is 0.741. The largest absolute Gasteiger partial charge is 0.472 e. The normalized spacial score (nSPS) is 11.2. The van der Waals surface area contributed by atoms with E-state index >= 15 is 0 Å². The third-order valence-corrected chi connectivity index (χ3v) is 4.89. The maximum atomic E-state index is 11.8. The molecule has 88 valence electrons. The lowest BCUT2D eigenvalue weighted by molar-refractivity contribution is 0.561. The van der Waals surface area contributed by atoms with Crippen LogP contribution in [0.25, 0.3) is 0 Å². The average molecular weight is 268 g/mol. The molecule has 1 N–H and O–H groups in total. The van der Waals surface area contributed by atoms with E-state index in [0.717, 1.165) is 16.9 Å². The van der Waals surface area contributed by atoms with Gasteiger partial charge in [-0.1, -0.05) is 0 Å². The van der Waals surface area contributed by atoms with Gasteiger partial charge in [0.25, 0.3) is 0 Å². The first-order valence-electron chi connectivity index (χ1n) is 4.62. The number of nitriles is 1. The molecular formula is C10H8N2O3S2. The first-order chi connectivity index (χ1) is 8.12. The van der Waals surface area contributed by atoms with Gasteiger partial charge in [-0.05, 0) is 18.2 Å². The van der Waals surface area contributed by atoms with Crippen molar-refractivity contribution in [1.29, 1.82) is 5.26 Å². The van der Waals surface area contributed by atoms with E-state index in [1.807, 2.05) is 6.07 Å². The molecule has 0 spiro atoms. The van der Waals surface area contributed by atoms with Crippen LogP contribution >= 0.6 is 11.3 Å². The number of nitrogens with one attached hydrogen (secondary N) is 1. The fraction of sp³-hybridized carbons (Fsp3) is 0.100. The van der Waals surface area contributed by atoms with E-state index < -0.39 is 10.0 Å². The molecule has 0 atom stereocenters. The molecule has 2 aromatic heterocycles. The maximum absolute atomic E-state index is 11.8. The second-order valence-electron chi connectivity index (χ2n) is 3.19. The minimum atomic E-state index is -3.55. The van der Waals surface area contributed by atoms with Gasteiger partial charge in [-0.25, -0.2) is 13.1 Å². The quantitative estimate of drug-likeness (QED) is 0.914. The van der Waals surface area contributed by atoms with Crippen LogP contribution in [0.1, 0.15) is 10.4 Å². The summed E-state index contributed by atoms with van der Waals surface area (Å²) < 4.78 is 31.0. The average Bonchev–Trinajstić information content (AvgIpc) is 2.98. The summed E-state index contributed by atoms with van der Waals surface area (Å²) in [5, 5.41) is 8.63. The van der Waals surface area contributed by atoms with Crippen LogP contribution in [-0.4, -0.2) is 8.42 Å². The monoisotopic (exact) mass is 268 g/mol. The van der Waals surface area contributed by atoms with Gasteiger partial charge in [0, 0.05) is 12.1 Å². The van der Waals surface area contributed by atoms with Crippen LogP contribution in [0, 0.1) is 11.3 Å². The molecule has 0 aliphatic heterocycles. The van der Waals surface area contributed by atoms with Gasteiger partial charge >= 0.3 is 0 Å². The Morgan fingerprint density at radius 3 is 2.82 bits per heavy atom. The van der Waals surface area contributed by atoms with E-state index in [1.54, 1.807) is 6.07 Å². The standard InChI is InChI=1S/C10H8N2O3S2/c11-5-9-1-2-10(16-9)17(13,14)12-6-8-3-4-15-7-8/h1-4,7,12H,6H2. The summed E-state index contributed by atoms with van der Waals surface area (Å²) in [4.78, 5) is 0.369. The van der Waals surface area contributed by atoms with Gasteiger partial charge in [-0.15, -0.1) is 11.3 Å². The van der Waals surface area contributed by atoms with E-state index in [-0.39, 0.29) is 10.8 Å². The first kappa shape index (κ1) is 11.9. The molecular weight excluding hydrogens is 260 g/mol. The molecule has 0 radical (unpaired) electrons. The lowest BCUT2D eigenvalue weighted by atomic mass is 10.4. The Morgan fingerprint density at radius 1 is 1.41 bits per heavy atom. The SMILES string of the molecule is N#Cc1ccc(S(=O)(=O)NCc2ccoc2)s1. The van der Waals surface area contributed by atoms with Crippen molar-refractivity contribution in [3.63, 3.8) is 0 Å². The number of hydrogen-bond acceptors (Lipinski definition) is 5. The fourth-order valence-electron chi connectivity index (χ4n) is 1.17. The van der Waals surface area contributed by atoms with E-state index in [2.05, 4.69) is 4.72 Å². The second kappa shape index (κ2) is 4.71. The molecule has 0 unspecified atom stereocenters. The number of sulfonamides is 1. The summed E-state index contributed by atoms with van der Waals surface area (Å²) in [6.07, 6.45) is 2.94. The molecule has 0 amide bonds. The predicted molar refractivity (Wildman–Crippen MR) is 61.8 cm³/mol. The molecule has 0 saturated heterocycles. The molecule has 2 rings (SSSR count). The maximum Gasteiger partial charge on any atom is 0.250 e. The minimum Gasteiger partial charge on any atom is -0.472 e. The minimum absolute atomic E-state index is 0.137. The molecule has 0 fully saturated rings. The topological polar surface area (TPSA) is 83.1 Å². The fourth-order valence-corrected chi connectivity index (χ4v) is 3.33. The van der Waals surface area contributed by atoms with Gasteiger partial charge in [-0.3, -0.25) is 0 Å². The van der Waals surface area contributed by atoms with Gasteiger partial charge < -0.3 is 4.42 Å². The van der Waals surface area contributed by atoms with Crippen molar-refractivity contribution in [2.45, 2.75) is 10.8 Å². The highest BCUT2D eigenvalue weighted by Crippen LogP contribution is 2.20. The highest BCUT2D eigenvalue weighted by atomic mass is 32.2. The Labute approximate surface area is 102 Å². The number of thiophene rings is 1. The van der Waals surface area contributed by atoms with Crippen LogP contribution in [0.3, 0.4) is 0 Å². The number of rotatable bonds is 4. The van der Waals surface area contributed by atoms with Gasteiger partial charge in [0.05, 0.1) is 12.5 Å². The van der Waals surface area contributed by atoms with Crippen molar-refractivity contribution >= 4 is 21.4 Å². The highest BCUT2D eigenvalue weighted by Gasteiger charge is 2.16. The van der Waals surface area contributed by atoms with Crippen molar-refractivity contribution in [3.8, 4) is 6.07 Å². The summed E-state index contributed by atoms with van der Waals surface area (Å²) in [5.74, 6) is 0. The van der Waals surface area contributed by atoms with Gasteiger partial charge in [0.15, 0.2) is 0 Å². The van der Waals surface area contributed by atoms with Gasteiger partial charge in [-0.2, -0.15) is 5.26 Å². The van der Waals surface area contributed by atoms with Crippen LogP contribution in [-0.2, 0) is 16.6 Å². The van der Waals surface area contributed by atoms with Crippen molar-refractivity contribution in [1.82, 2.24) is 4.72 Å². The molecule has 0 aliphatic carbocycles. The van der Waals surface area contributed by atoms with Crippen LogP contribution in [0.2, 0.25) is 0 Å². The first-order valence-corrected chi connectivity index (χ1v) is 6.92. The summed E-state index contributed by atoms with van der Waals surface area (Å²) >= 11 is 0.942. The third kappa shape index (κ3) is 2.74. The van der Waals surface area contributed by atoms with Crippen molar-refractivity contribution in [2.24, 2.45) is 0 Å². The molecule has 5 nitrogen and oxygen atoms in total. The van der Waals surface area contributed by atoms with Crippen LogP contribution < -0.4 is 4.72 Å². The van der Waals surface area contributed by atoms with Crippen LogP contribution in [0.4, 0.5) is 0 Å². The lowest BCUT2D eigenvalue weighted by Crippen LogP contribution is -2.22. The molecule has 0 bridgehead atoms. The van der Waals surface area contributed by atoms with Crippen LogP contribution in [0.15, 0.2) is 39.4 Å². The van der Waals surface area contributed by atoms with Crippen molar-refractivity contribution < 1.29 is 12.8 Å². The van der Waals surface area contributed by atoms with E-state index in [0.29, 0.717) is 4.88 Å². The Hall–Kier alpha value is -1.62. The Balaban J connectivity index is 2.11. The second-order valence-corrected chi connectivity index (χ2v) is 6.26. The van der Waals surface area contributed by atoms with Gasteiger partial charge in [0.1, 0.15) is 15.2 Å². The molecule has 2 aromatic rings. The molecule has 0 aliphatic rings. The van der Waals surface area contributed by atoms with E-state index in [1.165, 1.54) is 24.7 Å². The number of nitrogens with zero attached hydrogens (tertiary/aromatic N) is 1. The highest BCUT2D eigenvalue weighted by molar-refractivity contribution is 7.91. The summed E-state index contributed by atoms with van der Waals surface area (Å²) in [7, 11) is -3.55. The smallest absolute Gasteiger partial charge is 0.250 e. The summed E-state index contributed by atoms with van der Waals surface area (Å²) in [6, 6.07) is 6.48. The summed E-state index contributed by atoms with van der Waals surface area (Å²) in [6.45, 7) is 0.165. The predicted octanol–water partition coefficient (Wildman–Crippen LogP) is 1.69. The number of hydrogen-bond donors (Lipinski definition) is 1. The van der Waals surface area contributed by atoms with Gasteiger partial charge in [0.2, 0.25) is 10.0 Å². The van der Waals surface area contributed by atoms with Crippen molar-refractivity contribution in [2.75, 3.05) is 0 Å². The molecule has 7 heteroatoms. The molecule has 0 aromatic carbocycles. The zero-order valence-electron chi connectivity index (χ0n) is 8.58. The Bertz CT molecular complexity index is 635. The lowest BCUT2D eigenvalue weighted by Gasteiger charge is -2.01. The Morgan fingerprint density at radius 2 is 2.24 bits per heavy atom. The van der Waals surface area contributed by atoms with E-state index in [4.69, 9.17) is 9.68 Å².